The van der Waals surface area contributed by atoms with Crippen molar-refractivity contribution in [3.63, 3.8) is 0 Å². The first kappa shape index (κ1) is 16.7. The summed E-state index contributed by atoms with van der Waals surface area (Å²) in [5.41, 5.74) is 0.394. The van der Waals surface area contributed by atoms with Crippen molar-refractivity contribution in [2.75, 3.05) is 39.8 Å². The van der Waals surface area contributed by atoms with E-state index in [0.717, 1.165) is 13.1 Å². The van der Waals surface area contributed by atoms with Crippen LogP contribution in [0.2, 0.25) is 0 Å². The smallest absolute Gasteiger partial charge is 0.253 e. The van der Waals surface area contributed by atoms with Crippen LogP contribution in [0.15, 0.2) is 41.8 Å². The van der Waals surface area contributed by atoms with Crippen LogP contribution in [-0.2, 0) is 10.0 Å². The summed E-state index contributed by atoms with van der Waals surface area (Å²) in [6.07, 6.45) is 1.47. The maximum atomic E-state index is 12.5. The van der Waals surface area contributed by atoms with Crippen molar-refractivity contribution in [3.05, 3.63) is 42.5 Å². The molecule has 0 atom stereocenters. The van der Waals surface area contributed by atoms with Gasteiger partial charge >= 0.3 is 0 Å². The fraction of sp³-hybridized carbons (Fsp3) is 0.400. The van der Waals surface area contributed by atoms with Crippen molar-refractivity contribution in [2.45, 2.75) is 4.90 Å². The highest BCUT2D eigenvalue weighted by atomic mass is 32.2. The molecule has 0 spiro atoms. The van der Waals surface area contributed by atoms with Crippen LogP contribution in [0.1, 0.15) is 10.4 Å². The first-order valence-electron chi connectivity index (χ1n) is 7.12. The monoisotopic (exact) mass is 323 g/mol. The number of piperazine rings is 1. The lowest BCUT2D eigenvalue weighted by Gasteiger charge is -2.32. The molecule has 0 radical (unpaired) electrons. The van der Waals surface area contributed by atoms with Crippen LogP contribution in [-0.4, -0.2) is 63.9 Å². The number of carbonyl (C=O) groups excluding carboxylic acids is 1. The van der Waals surface area contributed by atoms with Gasteiger partial charge in [-0.15, -0.1) is 6.58 Å². The van der Waals surface area contributed by atoms with Crippen LogP contribution in [0, 0.1) is 0 Å². The SMILES string of the molecule is C=CCNS(=O)(=O)c1cccc(C(=O)N2CCN(C)CC2)c1. The maximum Gasteiger partial charge on any atom is 0.253 e. The molecule has 0 aromatic heterocycles. The zero-order chi connectivity index (χ0) is 16.2. The van der Waals surface area contributed by atoms with Crippen LogP contribution in [0.3, 0.4) is 0 Å². The lowest BCUT2D eigenvalue weighted by Crippen LogP contribution is -2.47. The minimum Gasteiger partial charge on any atom is -0.336 e. The number of sulfonamides is 1. The molecule has 2 rings (SSSR count). The third kappa shape index (κ3) is 3.94. The summed E-state index contributed by atoms with van der Waals surface area (Å²) >= 11 is 0. The molecule has 6 nitrogen and oxygen atoms in total. The van der Waals surface area contributed by atoms with Gasteiger partial charge in [0.15, 0.2) is 0 Å². The quantitative estimate of drug-likeness (QED) is 0.803. The highest BCUT2D eigenvalue weighted by molar-refractivity contribution is 7.89. The molecule has 1 aliphatic rings. The van der Waals surface area contributed by atoms with E-state index in [1.165, 1.54) is 18.2 Å². The number of amides is 1. The van der Waals surface area contributed by atoms with E-state index in [1.807, 2.05) is 7.05 Å². The molecule has 1 aromatic carbocycles. The van der Waals surface area contributed by atoms with Gasteiger partial charge in [0, 0.05) is 38.3 Å². The molecule has 7 heteroatoms. The number of rotatable bonds is 5. The van der Waals surface area contributed by atoms with Crippen LogP contribution < -0.4 is 4.72 Å². The van der Waals surface area contributed by atoms with Crippen molar-refractivity contribution < 1.29 is 13.2 Å². The molecular formula is C15H21N3O3S. The van der Waals surface area contributed by atoms with Crippen LogP contribution >= 0.6 is 0 Å². The van der Waals surface area contributed by atoms with Gasteiger partial charge in [-0.05, 0) is 25.2 Å². The van der Waals surface area contributed by atoms with Crippen molar-refractivity contribution in [1.82, 2.24) is 14.5 Å². The highest BCUT2D eigenvalue weighted by Gasteiger charge is 2.22. The van der Waals surface area contributed by atoms with Crippen molar-refractivity contribution in [3.8, 4) is 0 Å². The number of hydrogen-bond acceptors (Lipinski definition) is 4. The number of nitrogens with zero attached hydrogens (tertiary/aromatic N) is 2. The van der Waals surface area contributed by atoms with Gasteiger partial charge in [0.2, 0.25) is 10.0 Å². The molecule has 120 valence electrons. The van der Waals surface area contributed by atoms with E-state index in [9.17, 15) is 13.2 Å². The summed E-state index contributed by atoms with van der Waals surface area (Å²) < 4.78 is 26.6. The summed E-state index contributed by atoms with van der Waals surface area (Å²) in [4.78, 5) is 16.5. The Hall–Kier alpha value is -1.70. The largest absolute Gasteiger partial charge is 0.336 e. The first-order valence-corrected chi connectivity index (χ1v) is 8.61. The average Bonchev–Trinajstić information content (AvgIpc) is 2.53. The molecule has 1 amide bonds. The third-order valence-electron chi connectivity index (χ3n) is 3.60. The fourth-order valence-corrected chi connectivity index (χ4v) is 3.28. The molecule has 1 saturated heterocycles. The number of likely N-dealkylation sites (N-methyl/N-ethyl adjacent to an activating group) is 1. The Morgan fingerprint density at radius 1 is 1.32 bits per heavy atom. The third-order valence-corrected chi connectivity index (χ3v) is 5.02. The van der Waals surface area contributed by atoms with Crippen molar-refractivity contribution in [1.29, 1.82) is 0 Å². The lowest BCUT2D eigenvalue weighted by atomic mass is 10.2. The molecule has 1 aliphatic heterocycles. The van der Waals surface area contributed by atoms with Gasteiger partial charge < -0.3 is 9.80 Å². The van der Waals surface area contributed by atoms with Gasteiger partial charge in [-0.25, -0.2) is 13.1 Å². The standard InChI is InChI=1S/C15H21N3O3S/c1-3-7-16-22(20,21)14-6-4-5-13(12-14)15(19)18-10-8-17(2)9-11-18/h3-6,12,16H,1,7-11H2,2H3. The average molecular weight is 323 g/mol. The Bertz CT molecular complexity index is 650. The predicted octanol–water partition coefficient (Wildman–Crippen LogP) is 0.539. The van der Waals surface area contributed by atoms with Crippen LogP contribution in [0.25, 0.3) is 0 Å². The molecule has 0 bridgehead atoms. The Labute approximate surface area is 131 Å². The maximum absolute atomic E-state index is 12.5. The van der Waals surface area contributed by atoms with Gasteiger partial charge in [-0.2, -0.15) is 0 Å². The summed E-state index contributed by atoms with van der Waals surface area (Å²) in [5, 5.41) is 0. The Morgan fingerprint density at radius 3 is 2.64 bits per heavy atom. The van der Waals surface area contributed by atoms with Gasteiger partial charge in [0.05, 0.1) is 4.90 Å². The number of nitrogens with one attached hydrogen (secondary N) is 1. The Balaban J connectivity index is 2.17. The van der Waals surface area contributed by atoms with E-state index in [2.05, 4.69) is 16.2 Å². The zero-order valence-corrected chi connectivity index (χ0v) is 13.5. The minimum atomic E-state index is -3.62. The molecule has 22 heavy (non-hydrogen) atoms. The molecule has 1 aromatic rings. The molecule has 1 fully saturated rings. The second-order valence-corrected chi connectivity index (χ2v) is 7.03. The van der Waals surface area contributed by atoms with E-state index in [1.54, 1.807) is 17.0 Å². The van der Waals surface area contributed by atoms with Crippen molar-refractivity contribution >= 4 is 15.9 Å². The van der Waals surface area contributed by atoms with Gasteiger partial charge in [-0.1, -0.05) is 12.1 Å². The Kier molecular flexibility index (Phi) is 5.33. The van der Waals surface area contributed by atoms with Crippen LogP contribution in [0.4, 0.5) is 0 Å². The molecule has 0 saturated carbocycles. The summed E-state index contributed by atoms with van der Waals surface area (Å²) in [7, 11) is -1.60. The highest BCUT2D eigenvalue weighted by Crippen LogP contribution is 2.14. The van der Waals surface area contributed by atoms with E-state index in [4.69, 9.17) is 0 Å². The summed E-state index contributed by atoms with van der Waals surface area (Å²) in [5.74, 6) is -0.131. The number of benzene rings is 1. The normalized spacial score (nSPS) is 16.5. The number of carbonyl (C=O) groups is 1. The Morgan fingerprint density at radius 2 is 2.00 bits per heavy atom. The number of hydrogen-bond donors (Lipinski definition) is 1. The molecule has 0 aliphatic carbocycles. The van der Waals surface area contributed by atoms with Crippen molar-refractivity contribution in [2.24, 2.45) is 0 Å². The minimum absolute atomic E-state index is 0.0920. The van der Waals surface area contributed by atoms with E-state index in [-0.39, 0.29) is 17.3 Å². The van der Waals surface area contributed by atoms with Gasteiger partial charge in [0.25, 0.3) is 5.91 Å². The van der Waals surface area contributed by atoms with Crippen LogP contribution in [0.5, 0.6) is 0 Å². The fourth-order valence-electron chi connectivity index (χ4n) is 2.24. The van der Waals surface area contributed by atoms with Gasteiger partial charge in [0.1, 0.15) is 0 Å². The predicted molar refractivity (Wildman–Crippen MR) is 85.2 cm³/mol. The molecule has 0 unspecified atom stereocenters. The topological polar surface area (TPSA) is 69.7 Å². The first-order chi connectivity index (χ1) is 10.4. The second-order valence-electron chi connectivity index (χ2n) is 5.26. The molecular weight excluding hydrogens is 302 g/mol. The van der Waals surface area contributed by atoms with Gasteiger partial charge in [-0.3, -0.25) is 4.79 Å². The zero-order valence-electron chi connectivity index (χ0n) is 12.7. The summed E-state index contributed by atoms with van der Waals surface area (Å²) in [6.45, 7) is 6.59. The van der Waals surface area contributed by atoms with E-state index < -0.39 is 10.0 Å². The van der Waals surface area contributed by atoms with E-state index in [0.29, 0.717) is 18.7 Å². The second kappa shape index (κ2) is 7.04. The lowest BCUT2D eigenvalue weighted by molar-refractivity contribution is 0.0664. The summed E-state index contributed by atoms with van der Waals surface area (Å²) in [6, 6.07) is 6.14. The molecule has 1 heterocycles. The van der Waals surface area contributed by atoms with E-state index >= 15 is 0 Å². The molecule has 1 N–H and O–H groups in total.